The van der Waals surface area contributed by atoms with Crippen LogP contribution in [-0.2, 0) is 17.1 Å². The number of allylic oxidation sites excluding steroid dienone is 1. The molecule has 1 atom stereocenters. The van der Waals surface area contributed by atoms with E-state index in [1.807, 2.05) is 24.3 Å². The van der Waals surface area contributed by atoms with Gasteiger partial charge in [-0.1, -0.05) is 0 Å². The van der Waals surface area contributed by atoms with Gasteiger partial charge in [-0.25, -0.2) is 0 Å². The van der Waals surface area contributed by atoms with Gasteiger partial charge in [0.15, 0.2) is 0 Å². The maximum absolute atomic E-state index is 6.99. The molecule has 0 nitrogen and oxygen atoms in total. The third-order valence-corrected chi connectivity index (χ3v) is 12.1. The molecule has 0 aromatic heterocycles. The van der Waals surface area contributed by atoms with Gasteiger partial charge in [-0.15, -0.1) is 0 Å². The molecule has 0 N–H and O–H groups in total. The van der Waals surface area contributed by atoms with Crippen LogP contribution >= 0.6 is 27.9 Å². The van der Waals surface area contributed by atoms with E-state index in [0.717, 1.165) is 16.7 Å². The van der Waals surface area contributed by atoms with Crippen LogP contribution in [-0.4, -0.2) is 0 Å². The van der Waals surface area contributed by atoms with Crippen molar-refractivity contribution in [2.75, 3.05) is 0 Å². The summed E-state index contributed by atoms with van der Waals surface area (Å²) in [7, 11) is 21.0. The molecule has 0 saturated heterocycles. The zero-order valence-electron chi connectivity index (χ0n) is 14.9. The molecule has 136 valence electrons. The van der Waals surface area contributed by atoms with E-state index in [0.29, 0.717) is 0 Å². The van der Waals surface area contributed by atoms with Crippen LogP contribution in [0.25, 0.3) is 6.08 Å². The van der Waals surface area contributed by atoms with Crippen molar-refractivity contribution in [3.63, 3.8) is 0 Å². The summed E-state index contributed by atoms with van der Waals surface area (Å²) in [6, 6.07) is 29.2. The Labute approximate surface area is 175 Å². The van der Waals surface area contributed by atoms with Crippen molar-refractivity contribution < 1.29 is 13.4 Å². The number of benzene rings is 3. The first kappa shape index (κ1) is 19.3. The fourth-order valence-electron chi connectivity index (χ4n) is 4.45. The zero-order chi connectivity index (χ0) is 19.1. The van der Waals surface area contributed by atoms with Gasteiger partial charge < -0.3 is 0 Å². The number of hydrogen-bond donors (Lipinski definition) is 0. The number of halogens is 3. The van der Waals surface area contributed by atoms with Crippen LogP contribution in [0.4, 0.5) is 0 Å². The van der Waals surface area contributed by atoms with Gasteiger partial charge in [0.05, 0.1) is 0 Å². The Balaban J connectivity index is 2.09. The molecule has 1 unspecified atom stereocenters. The predicted molar refractivity (Wildman–Crippen MR) is 114 cm³/mol. The van der Waals surface area contributed by atoms with E-state index in [1.54, 1.807) is 0 Å². The van der Waals surface area contributed by atoms with Gasteiger partial charge in [-0.2, -0.15) is 0 Å². The van der Waals surface area contributed by atoms with Gasteiger partial charge in [0.25, 0.3) is 0 Å². The number of hydrogen-bond acceptors (Lipinski definition) is 0. The fourth-order valence-corrected chi connectivity index (χ4v) is 11.6. The van der Waals surface area contributed by atoms with Crippen LogP contribution in [0.5, 0.6) is 0 Å². The van der Waals surface area contributed by atoms with Crippen LogP contribution in [0.1, 0.15) is 35.1 Å². The first-order valence-electron chi connectivity index (χ1n) is 8.91. The summed E-state index contributed by atoms with van der Waals surface area (Å²) < 4.78 is -0.607. The second-order valence-corrected chi connectivity index (χ2v) is 19.2. The first-order chi connectivity index (χ1) is 13.0. The molecule has 0 bridgehead atoms. The van der Waals surface area contributed by atoms with E-state index in [2.05, 4.69) is 73.7 Å². The second-order valence-electron chi connectivity index (χ2n) is 6.97. The Morgan fingerprint density at radius 1 is 0.704 bits per heavy atom. The molecule has 4 rings (SSSR count). The Hall–Kier alpha value is -1.02. The van der Waals surface area contributed by atoms with Gasteiger partial charge >= 0.3 is 177 Å². The van der Waals surface area contributed by atoms with Crippen molar-refractivity contribution in [1.29, 1.82) is 0 Å². The summed E-state index contributed by atoms with van der Waals surface area (Å²) in [6.07, 6.45) is 2.20. The summed E-state index contributed by atoms with van der Waals surface area (Å²) in [5.74, 6) is -0.0488. The van der Waals surface area contributed by atoms with Crippen molar-refractivity contribution >= 4 is 34.0 Å². The molecule has 3 aromatic carbocycles. The third-order valence-electron chi connectivity index (χ3n) is 5.53. The molecule has 0 heterocycles. The molecule has 1 aliphatic carbocycles. The molecule has 0 saturated carbocycles. The maximum atomic E-state index is 6.99. The van der Waals surface area contributed by atoms with Gasteiger partial charge in [0.2, 0.25) is 0 Å². The van der Waals surface area contributed by atoms with Gasteiger partial charge in [0, 0.05) is 0 Å². The molecule has 27 heavy (non-hydrogen) atoms. The van der Waals surface area contributed by atoms with E-state index < -0.39 is 17.1 Å². The van der Waals surface area contributed by atoms with E-state index >= 15 is 0 Å². The standard InChI is InChI=1S/C23H19.3ClH.Ti/c1-17-16-20-14-8-9-15-21(20)22(17)23(18-10-4-2-5-11-18)19-12-6-3-7-13-19;;;;/h2-16,23H,1H3;3*1H;/q;;;;+3/p-3. The van der Waals surface area contributed by atoms with Crippen LogP contribution in [0, 0.1) is 0 Å². The van der Waals surface area contributed by atoms with E-state index in [-0.39, 0.29) is 5.92 Å². The summed E-state index contributed by atoms with van der Waals surface area (Å²) in [5, 5.41) is 0. The summed E-state index contributed by atoms with van der Waals surface area (Å²) in [6.45, 7) is 2.12. The average molecular weight is 450 g/mol. The molecule has 0 radical (unpaired) electrons. The summed E-state index contributed by atoms with van der Waals surface area (Å²) in [5.41, 5.74) is 5.78. The monoisotopic (exact) mass is 448 g/mol. The minimum atomic E-state index is -3.88. The fraction of sp³-hybridized carbons (Fsp3) is 0.130. The third kappa shape index (κ3) is 3.13. The van der Waals surface area contributed by atoms with Crippen molar-refractivity contribution in [3.8, 4) is 0 Å². The Morgan fingerprint density at radius 2 is 1.19 bits per heavy atom. The molecule has 0 fully saturated rings. The number of fused-ring (bicyclic) bond motifs is 1. The first-order valence-corrected chi connectivity index (χ1v) is 16.1. The minimum absolute atomic E-state index is 0.0488. The zero-order valence-corrected chi connectivity index (χ0v) is 18.7. The predicted octanol–water partition coefficient (Wildman–Crippen LogP) is 7.75. The topological polar surface area (TPSA) is 0 Å². The van der Waals surface area contributed by atoms with Gasteiger partial charge in [-0.05, 0) is 0 Å². The van der Waals surface area contributed by atoms with Crippen LogP contribution in [0.3, 0.4) is 0 Å². The normalized spacial score (nSPS) is 19.1. The quantitative estimate of drug-likeness (QED) is 0.357. The Kier molecular flexibility index (Phi) is 5.31. The molecular formula is C23H19Cl3Ti. The van der Waals surface area contributed by atoms with Crippen molar-refractivity contribution in [1.82, 2.24) is 0 Å². The van der Waals surface area contributed by atoms with E-state index in [9.17, 15) is 0 Å². The van der Waals surface area contributed by atoms with Crippen molar-refractivity contribution in [2.24, 2.45) is 0 Å². The summed E-state index contributed by atoms with van der Waals surface area (Å²) >= 11 is -3.88. The van der Waals surface area contributed by atoms with E-state index in [1.165, 1.54) is 11.1 Å². The van der Waals surface area contributed by atoms with Crippen LogP contribution in [0.2, 0.25) is 0 Å². The average Bonchev–Trinajstić information content (AvgIpc) is 2.97. The Morgan fingerprint density at radius 3 is 1.70 bits per heavy atom. The Bertz CT molecular complexity index is 938. The van der Waals surface area contributed by atoms with Crippen LogP contribution < -0.4 is 0 Å². The molecular weight excluding hydrogens is 430 g/mol. The second kappa shape index (κ2) is 7.43. The van der Waals surface area contributed by atoms with E-state index in [4.69, 9.17) is 27.9 Å². The molecule has 1 aliphatic rings. The van der Waals surface area contributed by atoms with Crippen molar-refractivity contribution in [2.45, 2.75) is 16.6 Å². The van der Waals surface area contributed by atoms with Gasteiger partial charge in [0.1, 0.15) is 0 Å². The SMILES string of the molecule is CC1=Cc2ccccc2[C]1(C(c1ccccc1)c1ccccc1)[Ti]([Cl])([Cl])[Cl]. The molecule has 0 amide bonds. The molecule has 0 aliphatic heterocycles. The van der Waals surface area contributed by atoms with Gasteiger partial charge in [-0.3, -0.25) is 0 Å². The van der Waals surface area contributed by atoms with Crippen molar-refractivity contribution in [3.05, 3.63) is 113 Å². The molecule has 4 heteroatoms. The summed E-state index contributed by atoms with van der Waals surface area (Å²) in [4.78, 5) is 0. The molecule has 3 aromatic rings. The number of rotatable bonds is 4. The molecule has 0 spiro atoms. The van der Waals surface area contributed by atoms with Crippen LogP contribution in [0.15, 0.2) is 90.5 Å².